The number of nitrogens with zero attached hydrogens (tertiary/aromatic N) is 2. The molecule has 0 amide bonds. The summed E-state index contributed by atoms with van der Waals surface area (Å²) in [7, 11) is 3.44. The van der Waals surface area contributed by atoms with E-state index < -0.39 is 0 Å². The van der Waals surface area contributed by atoms with Crippen molar-refractivity contribution >= 4 is 41.3 Å². The number of halogens is 1. The van der Waals surface area contributed by atoms with E-state index in [2.05, 4.69) is 45.0 Å². The molecule has 6 nitrogen and oxygen atoms in total. The predicted molar refractivity (Wildman–Crippen MR) is 123 cm³/mol. The lowest BCUT2D eigenvalue weighted by molar-refractivity contribution is 0.145. The van der Waals surface area contributed by atoms with Crippen molar-refractivity contribution in [3.8, 4) is 5.75 Å². The molecular formula is C19H29IN4O2S. The van der Waals surface area contributed by atoms with Gasteiger partial charge >= 0.3 is 0 Å². The van der Waals surface area contributed by atoms with Crippen molar-refractivity contribution in [2.75, 3.05) is 33.9 Å². The summed E-state index contributed by atoms with van der Waals surface area (Å²) in [4.78, 5) is 8.75. The molecule has 1 heterocycles. The molecule has 0 aliphatic carbocycles. The maximum absolute atomic E-state index is 5.83. The van der Waals surface area contributed by atoms with Gasteiger partial charge in [0.15, 0.2) is 5.96 Å². The molecule has 0 saturated heterocycles. The zero-order chi connectivity index (χ0) is 18.8. The number of aliphatic imine (C=N–C) groups is 1. The third kappa shape index (κ3) is 8.44. The fourth-order valence-corrected chi connectivity index (χ4v) is 3.06. The standard InChI is InChI=1S/C19H28N4O2S.HI/c1-14-5-6-16(18(11-14)25-10-9-24-4)12-22-19(20-3)21-8-7-17-13-26-15(2)23-17;/h5-6,11,13H,7-10,12H2,1-4H3,(H2,20,21,22);1H. The van der Waals surface area contributed by atoms with Crippen LogP contribution in [0.15, 0.2) is 28.6 Å². The van der Waals surface area contributed by atoms with Crippen molar-refractivity contribution in [3.63, 3.8) is 0 Å². The first-order valence-corrected chi connectivity index (χ1v) is 9.57. The molecule has 0 unspecified atom stereocenters. The van der Waals surface area contributed by atoms with Gasteiger partial charge in [-0.2, -0.15) is 0 Å². The van der Waals surface area contributed by atoms with Crippen LogP contribution in [-0.2, 0) is 17.7 Å². The Morgan fingerprint density at radius 2 is 2.04 bits per heavy atom. The molecule has 2 rings (SSSR count). The molecule has 0 aliphatic heterocycles. The second-order valence-corrected chi connectivity index (χ2v) is 6.98. The number of benzene rings is 1. The highest BCUT2D eigenvalue weighted by molar-refractivity contribution is 14.0. The minimum absolute atomic E-state index is 0. The molecule has 150 valence electrons. The van der Waals surface area contributed by atoms with E-state index in [-0.39, 0.29) is 24.0 Å². The van der Waals surface area contributed by atoms with E-state index in [0.29, 0.717) is 19.8 Å². The second-order valence-electron chi connectivity index (χ2n) is 5.91. The van der Waals surface area contributed by atoms with Crippen molar-refractivity contribution < 1.29 is 9.47 Å². The van der Waals surface area contributed by atoms with Crippen molar-refractivity contribution in [1.82, 2.24) is 15.6 Å². The van der Waals surface area contributed by atoms with E-state index in [1.165, 1.54) is 5.56 Å². The van der Waals surface area contributed by atoms with Crippen LogP contribution in [0.2, 0.25) is 0 Å². The van der Waals surface area contributed by atoms with Crippen molar-refractivity contribution in [2.45, 2.75) is 26.8 Å². The average Bonchev–Trinajstić information content (AvgIpc) is 3.04. The van der Waals surface area contributed by atoms with Crippen LogP contribution < -0.4 is 15.4 Å². The summed E-state index contributed by atoms with van der Waals surface area (Å²) in [6.45, 7) is 6.61. The van der Waals surface area contributed by atoms with Gasteiger partial charge in [0.25, 0.3) is 0 Å². The highest BCUT2D eigenvalue weighted by Crippen LogP contribution is 2.20. The fraction of sp³-hybridized carbons (Fsp3) is 0.474. The fourth-order valence-electron chi connectivity index (χ4n) is 2.41. The monoisotopic (exact) mass is 504 g/mol. The zero-order valence-corrected chi connectivity index (χ0v) is 19.5. The molecule has 1 aromatic heterocycles. The van der Waals surface area contributed by atoms with Crippen LogP contribution in [0, 0.1) is 13.8 Å². The van der Waals surface area contributed by atoms with Gasteiger partial charge in [0, 0.05) is 44.6 Å². The lowest BCUT2D eigenvalue weighted by Crippen LogP contribution is -2.38. The van der Waals surface area contributed by atoms with E-state index in [0.717, 1.165) is 40.9 Å². The molecule has 8 heteroatoms. The Bertz CT molecular complexity index is 721. The number of ether oxygens (including phenoxy) is 2. The summed E-state index contributed by atoms with van der Waals surface area (Å²) in [5, 5.41) is 9.86. The van der Waals surface area contributed by atoms with Crippen molar-refractivity contribution in [1.29, 1.82) is 0 Å². The lowest BCUT2D eigenvalue weighted by Gasteiger charge is -2.15. The number of methoxy groups -OCH3 is 1. The normalized spacial score (nSPS) is 11.0. The molecular weight excluding hydrogens is 475 g/mol. The smallest absolute Gasteiger partial charge is 0.191 e. The Morgan fingerprint density at radius 1 is 1.22 bits per heavy atom. The van der Waals surface area contributed by atoms with Crippen molar-refractivity contribution in [3.05, 3.63) is 45.4 Å². The lowest BCUT2D eigenvalue weighted by atomic mass is 10.1. The topological polar surface area (TPSA) is 67.8 Å². The molecule has 1 aromatic carbocycles. The second kappa shape index (κ2) is 12.9. The number of rotatable bonds is 9. The molecule has 0 fully saturated rings. The van der Waals surface area contributed by atoms with E-state index in [4.69, 9.17) is 9.47 Å². The molecule has 0 aliphatic rings. The molecule has 0 atom stereocenters. The number of thiazole rings is 1. The molecule has 0 bridgehead atoms. The van der Waals surface area contributed by atoms with Crippen LogP contribution in [0.4, 0.5) is 0 Å². The number of aryl methyl sites for hydroxylation is 2. The molecule has 0 saturated carbocycles. The maximum Gasteiger partial charge on any atom is 0.191 e. The third-order valence-electron chi connectivity index (χ3n) is 3.78. The van der Waals surface area contributed by atoms with E-state index in [9.17, 15) is 0 Å². The maximum atomic E-state index is 5.83. The summed E-state index contributed by atoms with van der Waals surface area (Å²) in [6.07, 6.45) is 0.876. The highest BCUT2D eigenvalue weighted by atomic mass is 127. The number of aromatic nitrogens is 1. The zero-order valence-electron chi connectivity index (χ0n) is 16.4. The minimum Gasteiger partial charge on any atom is -0.491 e. The summed E-state index contributed by atoms with van der Waals surface area (Å²) in [5.74, 6) is 1.64. The van der Waals surface area contributed by atoms with Crippen LogP contribution in [0.1, 0.15) is 21.8 Å². The van der Waals surface area contributed by atoms with Crippen LogP contribution in [0.5, 0.6) is 5.75 Å². The summed E-state index contributed by atoms with van der Waals surface area (Å²) in [6, 6.07) is 6.21. The van der Waals surface area contributed by atoms with Gasteiger partial charge in [0.05, 0.1) is 17.3 Å². The number of nitrogens with one attached hydrogen (secondary N) is 2. The van der Waals surface area contributed by atoms with Gasteiger partial charge in [-0.3, -0.25) is 4.99 Å². The molecule has 0 spiro atoms. The minimum atomic E-state index is 0. The van der Waals surface area contributed by atoms with Gasteiger partial charge in [-0.05, 0) is 25.5 Å². The Kier molecular flexibility index (Phi) is 11.3. The molecule has 2 N–H and O–H groups in total. The molecule has 2 aromatic rings. The van der Waals surface area contributed by atoms with Gasteiger partial charge in [0.2, 0.25) is 0 Å². The number of hydrogen-bond acceptors (Lipinski definition) is 5. The first kappa shape index (κ1) is 23.6. The van der Waals surface area contributed by atoms with E-state index >= 15 is 0 Å². The largest absolute Gasteiger partial charge is 0.491 e. The van der Waals surface area contributed by atoms with E-state index in [1.807, 2.05) is 13.0 Å². The van der Waals surface area contributed by atoms with Crippen LogP contribution in [0.3, 0.4) is 0 Å². The van der Waals surface area contributed by atoms with E-state index in [1.54, 1.807) is 25.5 Å². The summed E-state index contributed by atoms with van der Waals surface area (Å²) >= 11 is 1.68. The Balaban J connectivity index is 0.00000364. The third-order valence-corrected chi connectivity index (χ3v) is 4.60. The first-order valence-electron chi connectivity index (χ1n) is 8.69. The van der Waals surface area contributed by atoms with Gasteiger partial charge in [-0.1, -0.05) is 12.1 Å². The van der Waals surface area contributed by atoms with Gasteiger partial charge in [-0.25, -0.2) is 4.98 Å². The Morgan fingerprint density at radius 3 is 2.70 bits per heavy atom. The van der Waals surface area contributed by atoms with Crippen molar-refractivity contribution in [2.24, 2.45) is 4.99 Å². The Labute approximate surface area is 182 Å². The summed E-state index contributed by atoms with van der Waals surface area (Å²) in [5.41, 5.74) is 3.37. The predicted octanol–water partition coefficient (Wildman–Crippen LogP) is 3.31. The number of hydrogen-bond donors (Lipinski definition) is 2. The number of guanidine groups is 1. The van der Waals surface area contributed by atoms with Gasteiger partial charge < -0.3 is 20.1 Å². The molecule has 0 radical (unpaired) electrons. The van der Waals surface area contributed by atoms with Crippen LogP contribution in [0.25, 0.3) is 0 Å². The molecule has 27 heavy (non-hydrogen) atoms. The van der Waals surface area contributed by atoms with Crippen LogP contribution >= 0.6 is 35.3 Å². The SMILES string of the molecule is CN=C(NCCc1csc(C)n1)NCc1ccc(C)cc1OCCOC.I. The van der Waals surface area contributed by atoms with Gasteiger partial charge in [0.1, 0.15) is 12.4 Å². The highest BCUT2D eigenvalue weighted by Gasteiger charge is 2.06. The summed E-state index contributed by atoms with van der Waals surface area (Å²) < 4.78 is 10.9. The average molecular weight is 504 g/mol. The quantitative estimate of drug-likeness (QED) is 0.238. The van der Waals surface area contributed by atoms with Gasteiger partial charge in [-0.15, -0.1) is 35.3 Å². The first-order chi connectivity index (χ1) is 12.6. The van der Waals surface area contributed by atoms with Crippen LogP contribution in [-0.4, -0.2) is 44.9 Å². The Hall–Kier alpha value is -1.39.